The van der Waals surface area contributed by atoms with Crippen molar-refractivity contribution in [1.29, 1.82) is 0 Å². The summed E-state index contributed by atoms with van der Waals surface area (Å²) in [6.45, 7) is -0.191. The van der Waals surface area contributed by atoms with Crippen LogP contribution in [0.5, 0.6) is 0 Å². The fraction of sp³-hybridized carbons (Fsp3) is 0.263. The Bertz CT molecular complexity index is 771. The van der Waals surface area contributed by atoms with E-state index >= 15 is 0 Å². The number of carbonyl (C=O) groups is 2. The lowest BCUT2D eigenvalue weighted by molar-refractivity contribution is -0.147. The highest BCUT2D eigenvalue weighted by molar-refractivity contribution is 5.81. The van der Waals surface area contributed by atoms with Crippen LogP contribution in [-0.2, 0) is 33.3 Å². The van der Waals surface area contributed by atoms with Gasteiger partial charge >= 0.3 is 12.1 Å². The van der Waals surface area contributed by atoms with Gasteiger partial charge in [-0.05, 0) is 41.8 Å². The van der Waals surface area contributed by atoms with E-state index in [2.05, 4.69) is 5.32 Å². The van der Waals surface area contributed by atoms with E-state index in [1.165, 1.54) is 24.3 Å². The molecule has 0 saturated carbocycles. The Balaban J connectivity index is 1.68. The smallest absolute Gasteiger partial charge is 0.416 e. The third-order valence-electron chi connectivity index (χ3n) is 3.64. The lowest BCUT2D eigenvalue weighted by Gasteiger charge is -2.08. The number of hydrogen-bond donors (Lipinski definition) is 1. The average molecular weight is 383 g/mol. The predicted octanol–water partition coefficient (Wildman–Crippen LogP) is 3.29. The summed E-state index contributed by atoms with van der Waals surface area (Å²) in [6.07, 6.45) is -4.18. The van der Waals surface area contributed by atoms with Crippen LogP contribution in [0.15, 0.2) is 48.5 Å². The second-order valence-electron chi connectivity index (χ2n) is 5.76. The number of carbonyl (C=O) groups excluding carboxylic acids is 2. The number of esters is 1. The van der Waals surface area contributed by atoms with Gasteiger partial charge in [0.2, 0.25) is 0 Å². The Morgan fingerprint density at radius 1 is 0.926 bits per heavy atom. The Kier molecular flexibility index (Phi) is 6.92. The van der Waals surface area contributed by atoms with Crippen LogP contribution >= 0.6 is 0 Å². The molecule has 0 saturated heterocycles. The molecule has 0 heterocycles. The van der Waals surface area contributed by atoms with Crippen LogP contribution in [0.2, 0.25) is 0 Å². The first kappa shape index (κ1) is 20.4. The fourth-order valence-corrected chi connectivity index (χ4v) is 2.22. The lowest BCUT2D eigenvalue weighted by Crippen LogP contribution is -2.30. The Morgan fingerprint density at radius 3 is 2.11 bits per heavy atom. The quantitative estimate of drug-likeness (QED) is 0.590. The highest BCUT2D eigenvalue weighted by Crippen LogP contribution is 2.29. The highest BCUT2D eigenvalue weighted by Gasteiger charge is 2.30. The molecule has 4 nitrogen and oxygen atoms in total. The molecule has 0 bridgehead atoms. The second-order valence-corrected chi connectivity index (χ2v) is 5.76. The van der Waals surface area contributed by atoms with Crippen molar-refractivity contribution in [3.8, 4) is 0 Å². The van der Waals surface area contributed by atoms with Gasteiger partial charge in [-0.1, -0.05) is 24.3 Å². The number of hydrogen-bond acceptors (Lipinski definition) is 3. The molecule has 0 aliphatic carbocycles. The van der Waals surface area contributed by atoms with Gasteiger partial charge in [-0.3, -0.25) is 9.59 Å². The van der Waals surface area contributed by atoms with E-state index < -0.39 is 30.2 Å². The number of benzene rings is 2. The van der Waals surface area contributed by atoms with Gasteiger partial charge in [-0.2, -0.15) is 13.2 Å². The maximum Gasteiger partial charge on any atom is 0.416 e. The molecule has 144 valence electrons. The van der Waals surface area contributed by atoms with Crippen LogP contribution in [0.3, 0.4) is 0 Å². The maximum absolute atomic E-state index is 12.8. The van der Waals surface area contributed by atoms with E-state index in [1.807, 2.05) is 0 Å². The van der Waals surface area contributed by atoms with E-state index in [0.29, 0.717) is 18.5 Å². The van der Waals surface area contributed by atoms with Crippen molar-refractivity contribution in [3.63, 3.8) is 0 Å². The molecule has 0 fully saturated rings. The fourth-order valence-electron chi connectivity index (χ4n) is 2.22. The molecular weight excluding hydrogens is 366 g/mol. The van der Waals surface area contributed by atoms with Gasteiger partial charge in [0.25, 0.3) is 5.91 Å². The molecule has 0 aliphatic heterocycles. The van der Waals surface area contributed by atoms with E-state index in [-0.39, 0.29) is 12.2 Å². The molecule has 0 unspecified atom stereocenters. The van der Waals surface area contributed by atoms with Crippen LogP contribution in [0, 0.1) is 5.82 Å². The minimum absolute atomic E-state index is 0.235. The van der Waals surface area contributed by atoms with Crippen LogP contribution in [0.1, 0.15) is 16.7 Å². The predicted molar refractivity (Wildman–Crippen MR) is 89.2 cm³/mol. The zero-order valence-electron chi connectivity index (χ0n) is 14.2. The summed E-state index contributed by atoms with van der Waals surface area (Å²) in [6, 6.07) is 9.98. The first-order valence-electron chi connectivity index (χ1n) is 8.07. The molecule has 0 atom stereocenters. The molecule has 0 radical (unpaired) electrons. The number of ether oxygens (including phenoxy) is 1. The zero-order chi connectivity index (χ0) is 19.9. The van der Waals surface area contributed by atoms with Crippen molar-refractivity contribution >= 4 is 11.9 Å². The van der Waals surface area contributed by atoms with Gasteiger partial charge in [0.1, 0.15) is 5.82 Å². The third-order valence-corrected chi connectivity index (χ3v) is 3.64. The van der Waals surface area contributed by atoms with E-state index in [4.69, 9.17) is 4.74 Å². The molecular formula is C19H17F4NO3. The first-order chi connectivity index (χ1) is 12.7. The zero-order valence-corrected chi connectivity index (χ0v) is 14.2. The summed E-state index contributed by atoms with van der Waals surface area (Å²) in [5, 5.41) is 2.55. The SMILES string of the molecule is O=C(COC(=O)Cc1ccc(C(F)(F)F)cc1)NCCc1ccc(F)cc1. The number of rotatable bonds is 7. The van der Waals surface area contributed by atoms with Gasteiger partial charge in [0.05, 0.1) is 12.0 Å². The molecule has 0 spiro atoms. The summed E-state index contributed by atoms with van der Waals surface area (Å²) in [5.41, 5.74) is 0.390. The largest absolute Gasteiger partial charge is 0.455 e. The molecule has 2 aromatic carbocycles. The molecule has 8 heteroatoms. The summed E-state index contributed by atoms with van der Waals surface area (Å²) in [5.74, 6) is -1.57. The average Bonchev–Trinajstić information content (AvgIpc) is 2.61. The van der Waals surface area contributed by atoms with E-state index in [9.17, 15) is 27.2 Å². The summed E-state index contributed by atoms with van der Waals surface area (Å²) < 4.78 is 55.0. The van der Waals surface area contributed by atoms with Crippen molar-refractivity contribution in [2.75, 3.05) is 13.2 Å². The first-order valence-corrected chi connectivity index (χ1v) is 8.07. The summed E-state index contributed by atoms with van der Waals surface area (Å²) in [7, 11) is 0. The van der Waals surface area contributed by atoms with E-state index in [1.54, 1.807) is 12.1 Å². The van der Waals surface area contributed by atoms with Crippen LogP contribution < -0.4 is 5.32 Å². The molecule has 0 aliphatic rings. The third kappa shape index (κ3) is 7.08. The van der Waals surface area contributed by atoms with Crippen molar-refractivity contribution < 1.29 is 31.9 Å². The molecule has 1 N–H and O–H groups in total. The van der Waals surface area contributed by atoms with Crippen molar-refractivity contribution in [2.45, 2.75) is 19.0 Å². The Labute approximate surface area is 153 Å². The van der Waals surface area contributed by atoms with Gasteiger partial charge in [0.15, 0.2) is 6.61 Å². The van der Waals surface area contributed by atoms with Gasteiger partial charge in [0, 0.05) is 6.54 Å². The van der Waals surface area contributed by atoms with Crippen molar-refractivity contribution in [2.24, 2.45) is 0 Å². The van der Waals surface area contributed by atoms with Crippen LogP contribution in [-0.4, -0.2) is 25.0 Å². The van der Waals surface area contributed by atoms with Crippen LogP contribution in [0.4, 0.5) is 17.6 Å². The Morgan fingerprint density at radius 2 is 1.52 bits per heavy atom. The maximum atomic E-state index is 12.8. The molecule has 1 amide bonds. The van der Waals surface area contributed by atoms with Gasteiger partial charge in [-0.25, -0.2) is 4.39 Å². The molecule has 2 rings (SSSR count). The van der Waals surface area contributed by atoms with Gasteiger partial charge < -0.3 is 10.1 Å². The standard InChI is InChI=1S/C19H17F4NO3/c20-16-7-3-13(4-8-16)9-10-24-17(25)12-27-18(26)11-14-1-5-15(6-2-14)19(21,22)23/h1-8H,9-12H2,(H,24,25). The minimum Gasteiger partial charge on any atom is -0.455 e. The van der Waals surface area contributed by atoms with Crippen molar-refractivity contribution in [3.05, 3.63) is 71.0 Å². The molecule has 2 aromatic rings. The monoisotopic (exact) mass is 383 g/mol. The summed E-state index contributed by atoms with van der Waals surface area (Å²) >= 11 is 0. The van der Waals surface area contributed by atoms with Gasteiger partial charge in [-0.15, -0.1) is 0 Å². The highest BCUT2D eigenvalue weighted by atomic mass is 19.4. The second kappa shape index (κ2) is 9.16. The topological polar surface area (TPSA) is 55.4 Å². The summed E-state index contributed by atoms with van der Waals surface area (Å²) in [4.78, 5) is 23.3. The normalized spacial score (nSPS) is 11.1. The van der Waals surface area contributed by atoms with Crippen molar-refractivity contribution in [1.82, 2.24) is 5.32 Å². The minimum atomic E-state index is -4.44. The van der Waals surface area contributed by atoms with Crippen LogP contribution in [0.25, 0.3) is 0 Å². The Hall–Kier alpha value is -2.90. The van der Waals surface area contributed by atoms with E-state index in [0.717, 1.165) is 17.7 Å². The molecule has 27 heavy (non-hydrogen) atoms. The number of nitrogens with one attached hydrogen (secondary N) is 1. The lowest BCUT2D eigenvalue weighted by atomic mass is 10.1. The number of alkyl halides is 3. The number of halogens is 4. The molecule has 0 aromatic heterocycles. The number of amides is 1.